The maximum Gasteiger partial charge on any atom is 0.212 e. The fourth-order valence-corrected chi connectivity index (χ4v) is 1.75. The van der Waals surface area contributed by atoms with Crippen molar-refractivity contribution in [3.8, 4) is 0 Å². The first-order valence-electron chi connectivity index (χ1n) is 5.29. The molecule has 1 aliphatic rings. The standard InChI is InChI=1S/C11H12Cl2N4.ClH/c12-9-4-1-3-8(10(9)13)7-16-17-11-14-5-2-6-15-11;/h1,3-4,7H,2,5-6H2,(H2,14,15,17);1H/b16-7+;. The summed E-state index contributed by atoms with van der Waals surface area (Å²) in [4.78, 5) is 4.22. The molecule has 0 radical (unpaired) electrons. The molecule has 98 valence electrons. The zero-order valence-corrected chi connectivity index (χ0v) is 11.8. The molecule has 0 saturated heterocycles. The largest absolute Gasteiger partial charge is 0.355 e. The van der Waals surface area contributed by atoms with E-state index in [1.807, 2.05) is 12.1 Å². The first kappa shape index (κ1) is 15.1. The third-order valence-corrected chi connectivity index (χ3v) is 3.09. The molecule has 1 aromatic rings. The smallest absolute Gasteiger partial charge is 0.212 e. The van der Waals surface area contributed by atoms with E-state index < -0.39 is 0 Å². The van der Waals surface area contributed by atoms with Crippen LogP contribution in [0.5, 0.6) is 0 Å². The zero-order valence-electron chi connectivity index (χ0n) is 9.49. The highest BCUT2D eigenvalue weighted by atomic mass is 35.5. The third kappa shape index (κ3) is 4.05. The minimum Gasteiger partial charge on any atom is -0.355 e. The van der Waals surface area contributed by atoms with Gasteiger partial charge in [0, 0.05) is 18.7 Å². The van der Waals surface area contributed by atoms with E-state index in [2.05, 4.69) is 20.8 Å². The van der Waals surface area contributed by atoms with Crippen molar-refractivity contribution in [3.05, 3.63) is 33.8 Å². The topological polar surface area (TPSA) is 48.8 Å². The van der Waals surface area contributed by atoms with Crippen molar-refractivity contribution in [2.75, 3.05) is 13.1 Å². The molecule has 0 unspecified atom stereocenters. The molecular formula is C11H13Cl3N4. The number of halogens is 3. The molecule has 0 spiro atoms. The van der Waals surface area contributed by atoms with E-state index in [1.54, 1.807) is 12.3 Å². The van der Waals surface area contributed by atoms with Crippen molar-refractivity contribution in [3.63, 3.8) is 0 Å². The van der Waals surface area contributed by atoms with E-state index in [-0.39, 0.29) is 12.4 Å². The second-order valence-corrected chi connectivity index (χ2v) is 4.31. The Bertz CT molecular complexity index is 460. The number of nitrogens with one attached hydrogen (secondary N) is 2. The van der Waals surface area contributed by atoms with Crippen molar-refractivity contribution in [2.45, 2.75) is 6.42 Å². The molecular weight excluding hydrogens is 295 g/mol. The van der Waals surface area contributed by atoms with Crippen LogP contribution in [0.25, 0.3) is 0 Å². The molecule has 0 atom stereocenters. The van der Waals surface area contributed by atoms with Crippen molar-refractivity contribution < 1.29 is 0 Å². The Kier molecular flexibility index (Phi) is 6.25. The van der Waals surface area contributed by atoms with Gasteiger partial charge in [-0.3, -0.25) is 4.99 Å². The summed E-state index contributed by atoms with van der Waals surface area (Å²) >= 11 is 11.9. The average molecular weight is 308 g/mol. The van der Waals surface area contributed by atoms with Crippen LogP contribution in [0, 0.1) is 0 Å². The van der Waals surface area contributed by atoms with Crippen LogP contribution in [0.1, 0.15) is 12.0 Å². The lowest BCUT2D eigenvalue weighted by atomic mass is 10.2. The molecule has 0 aliphatic carbocycles. The van der Waals surface area contributed by atoms with Gasteiger partial charge in [0.2, 0.25) is 5.96 Å². The van der Waals surface area contributed by atoms with Crippen LogP contribution in [0.15, 0.2) is 28.3 Å². The Hall–Kier alpha value is -0.970. The Morgan fingerprint density at radius 1 is 1.39 bits per heavy atom. The molecule has 0 bridgehead atoms. The highest BCUT2D eigenvalue weighted by Gasteiger charge is 2.03. The van der Waals surface area contributed by atoms with E-state index in [4.69, 9.17) is 23.2 Å². The Labute approximate surface area is 122 Å². The minimum absolute atomic E-state index is 0. The number of rotatable bonds is 2. The Balaban J connectivity index is 0.00000162. The summed E-state index contributed by atoms with van der Waals surface area (Å²) in [6, 6.07) is 5.41. The summed E-state index contributed by atoms with van der Waals surface area (Å²) in [6.07, 6.45) is 2.67. The molecule has 18 heavy (non-hydrogen) atoms. The first-order valence-corrected chi connectivity index (χ1v) is 6.04. The van der Waals surface area contributed by atoms with Gasteiger partial charge in [-0.1, -0.05) is 35.3 Å². The van der Waals surface area contributed by atoms with Gasteiger partial charge < -0.3 is 5.32 Å². The second kappa shape index (κ2) is 7.46. The molecule has 0 fully saturated rings. The summed E-state index contributed by atoms with van der Waals surface area (Å²) in [6.45, 7) is 1.74. The van der Waals surface area contributed by atoms with Gasteiger partial charge in [-0.05, 0) is 12.5 Å². The number of hydrogen-bond acceptors (Lipinski definition) is 4. The molecule has 1 heterocycles. The number of aliphatic imine (C=N–C) groups is 1. The predicted molar refractivity (Wildman–Crippen MR) is 79.4 cm³/mol. The molecule has 0 amide bonds. The third-order valence-electron chi connectivity index (χ3n) is 2.25. The van der Waals surface area contributed by atoms with Gasteiger partial charge in [0.1, 0.15) is 0 Å². The lowest BCUT2D eigenvalue weighted by Gasteiger charge is -2.12. The van der Waals surface area contributed by atoms with Crippen molar-refractivity contribution in [1.29, 1.82) is 0 Å². The number of hydrogen-bond donors (Lipinski definition) is 2. The van der Waals surface area contributed by atoms with Gasteiger partial charge >= 0.3 is 0 Å². The highest BCUT2D eigenvalue weighted by Crippen LogP contribution is 2.23. The van der Waals surface area contributed by atoms with Crippen molar-refractivity contribution >= 4 is 47.8 Å². The maximum atomic E-state index is 6.02. The minimum atomic E-state index is 0. The number of benzene rings is 1. The molecule has 0 aromatic heterocycles. The molecule has 7 heteroatoms. The van der Waals surface area contributed by atoms with E-state index in [9.17, 15) is 0 Å². The van der Waals surface area contributed by atoms with Crippen LogP contribution in [0.2, 0.25) is 10.0 Å². The second-order valence-electron chi connectivity index (χ2n) is 3.52. The zero-order chi connectivity index (χ0) is 12.1. The predicted octanol–water partition coefficient (Wildman–Crippen LogP) is 2.69. The van der Waals surface area contributed by atoms with Crippen molar-refractivity contribution in [1.82, 2.24) is 10.7 Å². The summed E-state index contributed by atoms with van der Waals surface area (Å²) in [5.41, 5.74) is 3.59. The fourth-order valence-electron chi connectivity index (χ4n) is 1.39. The summed E-state index contributed by atoms with van der Waals surface area (Å²) < 4.78 is 0. The van der Waals surface area contributed by atoms with Crippen LogP contribution in [0.3, 0.4) is 0 Å². The molecule has 0 saturated carbocycles. The Morgan fingerprint density at radius 2 is 2.22 bits per heavy atom. The summed E-state index contributed by atoms with van der Waals surface area (Å²) in [5.74, 6) is 0.686. The first-order chi connectivity index (χ1) is 8.27. The molecule has 4 nitrogen and oxygen atoms in total. The SMILES string of the molecule is Cl.Clc1cccc(/C=N/NC2=NCCCN2)c1Cl. The van der Waals surface area contributed by atoms with E-state index in [0.29, 0.717) is 16.0 Å². The molecule has 1 aliphatic heterocycles. The lowest BCUT2D eigenvalue weighted by molar-refractivity contribution is 0.712. The maximum absolute atomic E-state index is 6.02. The molecule has 1 aromatic carbocycles. The van der Waals surface area contributed by atoms with Crippen molar-refractivity contribution in [2.24, 2.45) is 10.1 Å². The number of guanidine groups is 1. The van der Waals surface area contributed by atoms with Crippen LogP contribution < -0.4 is 10.7 Å². The average Bonchev–Trinajstić information content (AvgIpc) is 2.36. The summed E-state index contributed by atoms with van der Waals surface area (Å²) in [7, 11) is 0. The van der Waals surface area contributed by atoms with Gasteiger partial charge in [0.15, 0.2) is 0 Å². The van der Waals surface area contributed by atoms with E-state index in [0.717, 1.165) is 25.1 Å². The Morgan fingerprint density at radius 3 is 2.94 bits per heavy atom. The number of hydrazone groups is 1. The number of nitrogens with zero attached hydrogens (tertiary/aromatic N) is 2. The monoisotopic (exact) mass is 306 g/mol. The van der Waals surface area contributed by atoms with Crippen LogP contribution in [-0.4, -0.2) is 25.3 Å². The van der Waals surface area contributed by atoms with Gasteiger partial charge in [0.25, 0.3) is 0 Å². The normalized spacial score (nSPS) is 14.7. The molecule has 2 N–H and O–H groups in total. The van der Waals surface area contributed by atoms with E-state index in [1.165, 1.54) is 0 Å². The van der Waals surface area contributed by atoms with E-state index >= 15 is 0 Å². The lowest BCUT2D eigenvalue weighted by Crippen LogP contribution is -2.38. The summed E-state index contributed by atoms with van der Waals surface area (Å²) in [5, 5.41) is 8.17. The fraction of sp³-hybridized carbons (Fsp3) is 0.273. The van der Waals surface area contributed by atoms with Crippen LogP contribution in [-0.2, 0) is 0 Å². The quantitative estimate of drug-likeness (QED) is 0.652. The van der Waals surface area contributed by atoms with Gasteiger partial charge in [-0.25, -0.2) is 5.43 Å². The van der Waals surface area contributed by atoms with Gasteiger partial charge in [-0.15, -0.1) is 12.4 Å². The van der Waals surface area contributed by atoms with Gasteiger partial charge in [0.05, 0.1) is 16.3 Å². The van der Waals surface area contributed by atoms with Crippen LogP contribution >= 0.6 is 35.6 Å². The highest BCUT2D eigenvalue weighted by molar-refractivity contribution is 6.43. The van der Waals surface area contributed by atoms with Gasteiger partial charge in [-0.2, -0.15) is 5.10 Å². The molecule has 2 rings (SSSR count). The van der Waals surface area contributed by atoms with Crippen LogP contribution in [0.4, 0.5) is 0 Å².